The molecule has 1 heterocycles. The monoisotopic (exact) mass is 263 g/mol. The minimum Gasteiger partial charge on any atom is -0.453 e. The molecule has 1 aromatic carbocycles. The first-order chi connectivity index (χ1) is 9.10. The van der Waals surface area contributed by atoms with Crippen LogP contribution in [0.3, 0.4) is 0 Å². The number of anilines is 1. The van der Waals surface area contributed by atoms with Gasteiger partial charge in [0.1, 0.15) is 0 Å². The van der Waals surface area contributed by atoms with Crippen molar-refractivity contribution >= 4 is 11.8 Å². The number of amides is 1. The number of carbonyl (C=O) groups excluding carboxylic acids is 1. The normalized spacial score (nSPS) is 20.2. The van der Waals surface area contributed by atoms with E-state index in [-0.39, 0.29) is 18.2 Å². The van der Waals surface area contributed by atoms with Crippen LogP contribution in [0, 0.1) is 0 Å². The van der Waals surface area contributed by atoms with Gasteiger partial charge in [0.05, 0.1) is 13.2 Å². The number of nitrogens with two attached hydrogens (primary N) is 1. The highest BCUT2D eigenvalue weighted by molar-refractivity contribution is 5.67. The summed E-state index contributed by atoms with van der Waals surface area (Å²) in [6, 6.07) is 8.49. The second-order valence-corrected chi connectivity index (χ2v) is 4.95. The van der Waals surface area contributed by atoms with Crippen LogP contribution in [0.15, 0.2) is 24.3 Å². The zero-order valence-electron chi connectivity index (χ0n) is 11.4. The number of carbonyl (C=O) groups is 1. The van der Waals surface area contributed by atoms with Crippen LogP contribution in [0.2, 0.25) is 0 Å². The lowest BCUT2D eigenvalue weighted by atomic mass is 10.1. The number of alkyl carbamates (subject to hydrolysis) is 1. The molecule has 104 valence electrons. The molecule has 5 nitrogen and oxygen atoms in total. The molecular weight excluding hydrogens is 242 g/mol. The van der Waals surface area contributed by atoms with Crippen LogP contribution >= 0.6 is 0 Å². The maximum absolute atomic E-state index is 11.2. The van der Waals surface area contributed by atoms with E-state index in [0.717, 1.165) is 25.1 Å². The summed E-state index contributed by atoms with van der Waals surface area (Å²) in [7, 11) is 1.38. The quantitative estimate of drug-likeness (QED) is 0.870. The molecule has 19 heavy (non-hydrogen) atoms. The average Bonchev–Trinajstić information content (AvgIpc) is 2.87. The minimum absolute atomic E-state index is 0.0568. The van der Waals surface area contributed by atoms with Gasteiger partial charge < -0.3 is 20.7 Å². The van der Waals surface area contributed by atoms with Crippen LogP contribution in [0.5, 0.6) is 0 Å². The zero-order valence-corrected chi connectivity index (χ0v) is 11.4. The SMILES string of the molecule is COC(=O)NC1CCN(c2ccc([C@@H](C)N)cc2)C1. The van der Waals surface area contributed by atoms with Gasteiger partial charge in [0.25, 0.3) is 0 Å². The van der Waals surface area contributed by atoms with Gasteiger partial charge in [-0.25, -0.2) is 4.79 Å². The summed E-state index contributed by atoms with van der Waals surface area (Å²) < 4.78 is 4.61. The molecule has 2 atom stereocenters. The van der Waals surface area contributed by atoms with Gasteiger partial charge in [-0.2, -0.15) is 0 Å². The lowest BCUT2D eigenvalue weighted by Gasteiger charge is -2.19. The highest BCUT2D eigenvalue weighted by Gasteiger charge is 2.24. The van der Waals surface area contributed by atoms with E-state index in [1.807, 2.05) is 6.92 Å². The van der Waals surface area contributed by atoms with Gasteiger partial charge in [-0.05, 0) is 31.0 Å². The van der Waals surface area contributed by atoms with Crippen LogP contribution in [0.1, 0.15) is 24.9 Å². The van der Waals surface area contributed by atoms with Crippen molar-refractivity contribution in [3.05, 3.63) is 29.8 Å². The van der Waals surface area contributed by atoms with Crippen LogP contribution in [-0.4, -0.2) is 32.3 Å². The number of methoxy groups -OCH3 is 1. The Balaban J connectivity index is 1.95. The summed E-state index contributed by atoms with van der Waals surface area (Å²) in [5, 5.41) is 2.84. The number of nitrogens with one attached hydrogen (secondary N) is 1. The van der Waals surface area contributed by atoms with Gasteiger partial charge in [0.15, 0.2) is 0 Å². The molecule has 0 saturated carbocycles. The molecule has 0 spiro atoms. The molecule has 1 saturated heterocycles. The third-order valence-corrected chi connectivity index (χ3v) is 3.48. The third kappa shape index (κ3) is 3.38. The van der Waals surface area contributed by atoms with E-state index < -0.39 is 0 Å². The van der Waals surface area contributed by atoms with Crippen molar-refractivity contribution in [2.45, 2.75) is 25.4 Å². The molecule has 1 fully saturated rings. The smallest absolute Gasteiger partial charge is 0.407 e. The second-order valence-electron chi connectivity index (χ2n) is 4.95. The molecule has 1 amide bonds. The average molecular weight is 263 g/mol. The third-order valence-electron chi connectivity index (χ3n) is 3.48. The van der Waals surface area contributed by atoms with Crippen LogP contribution in [0.4, 0.5) is 10.5 Å². The molecule has 1 aliphatic rings. The lowest BCUT2D eigenvalue weighted by molar-refractivity contribution is 0.167. The Bertz CT molecular complexity index is 431. The van der Waals surface area contributed by atoms with Crippen molar-refractivity contribution in [2.75, 3.05) is 25.1 Å². The van der Waals surface area contributed by atoms with Gasteiger partial charge in [-0.3, -0.25) is 0 Å². The highest BCUT2D eigenvalue weighted by Crippen LogP contribution is 2.22. The Morgan fingerprint density at radius 1 is 1.47 bits per heavy atom. The summed E-state index contributed by atoms with van der Waals surface area (Å²) in [6.07, 6.45) is 0.573. The maximum atomic E-state index is 11.2. The van der Waals surface area contributed by atoms with Crippen molar-refractivity contribution in [1.82, 2.24) is 5.32 Å². The Kier molecular flexibility index (Phi) is 4.27. The summed E-state index contributed by atoms with van der Waals surface area (Å²) >= 11 is 0. The number of hydrogen-bond donors (Lipinski definition) is 2. The number of rotatable bonds is 3. The Morgan fingerprint density at radius 3 is 2.74 bits per heavy atom. The summed E-state index contributed by atoms with van der Waals surface area (Å²) in [5.41, 5.74) is 8.13. The number of benzene rings is 1. The van der Waals surface area contributed by atoms with E-state index >= 15 is 0 Å². The second kappa shape index (κ2) is 5.93. The molecule has 1 unspecified atom stereocenters. The number of hydrogen-bond acceptors (Lipinski definition) is 4. The molecule has 3 N–H and O–H groups in total. The van der Waals surface area contributed by atoms with Gasteiger partial charge in [0, 0.05) is 24.8 Å². The zero-order chi connectivity index (χ0) is 13.8. The lowest BCUT2D eigenvalue weighted by Crippen LogP contribution is -2.36. The van der Waals surface area contributed by atoms with Crippen LogP contribution in [-0.2, 0) is 4.74 Å². The largest absolute Gasteiger partial charge is 0.453 e. The molecule has 0 radical (unpaired) electrons. The van der Waals surface area contributed by atoms with Crippen molar-refractivity contribution in [1.29, 1.82) is 0 Å². The highest BCUT2D eigenvalue weighted by atomic mass is 16.5. The van der Waals surface area contributed by atoms with Crippen LogP contribution < -0.4 is 16.0 Å². The predicted octanol–water partition coefficient (Wildman–Crippen LogP) is 1.64. The molecule has 0 aliphatic carbocycles. The van der Waals surface area contributed by atoms with Gasteiger partial charge in [-0.15, -0.1) is 0 Å². The Morgan fingerprint density at radius 2 is 2.16 bits per heavy atom. The molecule has 1 aliphatic heterocycles. The Hall–Kier alpha value is -1.75. The van der Waals surface area contributed by atoms with Crippen molar-refractivity contribution < 1.29 is 9.53 Å². The van der Waals surface area contributed by atoms with E-state index in [1.165, 1.54) is 12.8 Å². The van der Waals surface area contributed by atoms with Gasteiger partial charge in [-0.1, -0.05) is 12.1 Å². The first kappa shape index (κ1) is 13.7. The minimum atomic E-state index is -0.362. The number of nitrogens with zero attached hydrogens (tertiary/aromatic N) is 1. The van der Waals surface area contributed by atoms with E-state index in [1.54, 1.807) is 0 Å². The predicted molar refractivity (Wildman–Crippen MR) is 75.2 cm³/mol. The first-order valence-electron chi connectivity index (χ1n) is 6.55. The fraction of sp³-hybridized carbons (Fsp3) is 0.500. The molecule has 0 bridgehead atoms. The summed E-state index contributed by atoms with van der Waals surface area (Å²) in [4.78, 5) is 13.4. The van der Waals surface area contributed by atoms with Crippen molar-refractivity contribution in [2.24, 2.45) is 5.73 Å². The Labute approximate surface area is 113 Å². The fourth-order valence-corrected chi connectivity index (χ4v) is 2.33. The van der Waals surface area contributed by atoms with E-state index in [0.29, 0.717) is 0 Å². The van der Waals surface area contributed by atoms with E-state index in [9.17, 15) is 4.79 Å². The molecular formula is C14H21N3O2. The van der Waals surface area contributed by atoms with Crippen molar-refractivity contribution in [3.8, 4) is 0 Å². The molecule has 1 aromatic rings. The maximum Gasteiger partial charge on any atom is 0.407 e. The summed E-state index contributed by atoms with van der Waals surface area (Å²) in [6.45, 7) is 3.72. The standard InChI is InChI=1S/C14H21N3O2/c1-10(15)11-3-5-13(6-4-11)17-8-7-12(9-17)16-14(18)19-2/h3-6,10,12H,7-9,15H2,1-2H3,(H,16,18)/t10-,12?/m1/s1. The van der Waals surface area contributed by atoms with Crippen molar-refractivity contribution in [3.63, 3.8) is 0 Å². The number of ether oxygens (including phenoxy) is 1. The van der Waals surface area contributed by atoms with Gasteiger partial charge in [0.2, 0.25) is 0 Å². The molecule has 5 heteroatoms. The van der Waals surface area contributed by atoms with E-state index in [4.69, 9.17) is 5.73 Å². The first-order valence-corrected chi connectivity index (χ1v) is 6.55. The molecule has 0 aromatic heterocycles. The van der Waals surface area contributed by atoms with E-state index in [2.05, 4.69) is 39.2 Å². The van der Waals surface area contributed by atoms with Gasteiger partial charge >= 0.3 is 6.09 Å². The molecule has 2 rings (SSSR count). The van der Waals surface area contributed by atoms with Crippen LogP contribution in [0.25, 0.3) is 0 Å². The fourth-order valence-electron chi connectivity index (χ4n) is 2.33. The topological polar surface area (TPSA) is 67.6 Å². The summed E-state index contributed by atoms with van der Waals surface area (Å²) in [5.74, 6) is 0.